The summed E-state index contributed by atoms with van der Waals surface area (Å²) in [5.74, 6) is -0.917. The maximum atomic E-state index is 11.9. The van der Waals surface area contributed by atoms with Crippen LogP contribution in [0.4, 0.5) is 0 Å². The van der Waals surface area contributed by atoms with Crippen molar-refractivity contribution in [3.05, 3.63) is 25.3 Å². The molecule has 0 rings (SSSR count). The van der Waals surface area contributed by atoms with Gasteiger partial charge in [-0.1, -0.05) is 0 Å². The van der Waals surface area contributed by atoms with Crippen molar-refractivity contribution in [3.63, 3.8) is 0 Å². The van der Waals surface area contributed by atoms with E-state index in [1.807, 2.05) is 0 Å². The Morgan fingerprint density at radius 2 is 1.00 bits per heavy atom. The quantitative estimate of drug-likeness (QED) is 0.124. The van der Waals surface area contributed by atoms with Gasteiger partial charge in [0.1, 0.15) is 0 Å². The van der Waals surface area contributed by atoms with E-state index >= 15 is 0 Å². The molecular weight excluding hydrogens is 447 g/mol. The second-order valence-corrected chi connectivity index (χ2v) is 16.4. The van der Waals surface area contributed by atoms with Gasteiger partial charge < -0.3 is 0 Å². The fourth-order valence-corrected chi connectivity index (χ4v) is 12.2. The summed E-state index contributed by atoms with van der Waals surface area (Å²) < 4.78 is 13.0. The average molecular weight is 487 g/mol. The van der Waals surface area contributed by atoms with Gasteiger partial charge in [-0.25, -0.2) is 0 Å². The molecule has 0 aromatic carbocycles. The molecule has 0 amide bonds. The molecule has 0 heterocycles. The van der Waals surface area contributed by atoms with Crippen LogP contribution in [0.1, 0.15) is 90.9 Å². The normalized spacial score (nSPS) is 11.0. The van der Waals surface area contributed by atoms with Crippen LogP contribution in [0.15, 0.2) is 25.3 Å². The summed E-state index contributed by atoms with van der Waals surface area (Å²) in [4.78, 5) is 23.9. The number of carbonyl (C=O) groups excluding carboxylic acids is 2. The topological polar surface area (TPSA) is 52.6 Å². The summed E-state index contributed by atoms with van der Waals surface area (Å²) in [6.45, 7) is 11.4. The third-order valence-corrected chi connectivity index (χ3v) is 14.4. The molecule has 0 fully saturated rings. The molecule has 0 aromatic heterocycles. The summed E-state index contributed by atoms with van der Waals surface area (Å²) >= 11 is -3.83. The SMILES string of the molecule is C=CC(=O)[O][Sn]([CH2]CCCCCCC)([CH2]CCCCCCC)[O]C(=O)C=C. The Labute approximate surface area is 171 Å². The molecule has 4 nitrogen and oxygen atoms in total. The van der Waals surface area contributed by atoms with Crippen molar-refractivity contribution in [1.82, 2.24) is 0 Å². The molecule has 0 saturated carbocycles. The van der Waals surface area contributed by atoms with E-state index in [9.17, 15) is 9.59 Å². The van der Waals surface area contributed by atoms with Crippen molar-refractivity contribution in [2.45, 2.75) is 99.8 Å². The van der Waals surface area contributed by atoms with Crippen LogP contribution in [-0.2, 0) is 15.7 Å². The van der Waals surface area contributed by atoms with Crippen LogP contribution in [0.25, 0.3) is 0 Å². The minimum atomic E-state index is -3.83. The molecule has 0 N–H and O–H groups in total. The van der Waals surface area contributed by atoms with Crippen molar-refractivity contribution >= 4 is 31.1 Å². The number of carbonyl (C=O) groups is 2. The van der Waals surface area contributed by atoms with Gasteiger partial charge in [0.25, 0.3) is 0 Å². The van der Waals surface area contributed by atoms with Gasteiger partial charge in [0, 0.05) is 0 Å². The second kappa shape index (κ2) is 17.3. The Bertz CT molecular complexity index is 394. The molecule has 0 bridgehead atoms. The van der Waals surface area contributed by atoms with Crippen molar-refractivity contribution < 1.29 is 15.7 Å². The molecule has 0 aliphatic rings. The van der Waals surface area contributed by atoms with Crippen molar-refractivity contribution in [2.24, 2.45) is 0 Å². The Balaban J connectivity index is 4.83. The van der Waals surface area contributed by atoms with Gasteiger partial charge in [-0.05, 0) is 0 Å². The molecule has 156 valence electrons. The minimum absolute atomic E-state index is 0.459. The van der Waals surface area contributed by atoms with Crippen LogP contribution in [-0.4, -0.2) is 31.1 Å². The monoisotopic (exact) mass is 488 g/mol. The third kappa shape index (κ3) is 13.9. The van der Waals surface area contributed by atoms with Crippen LogP contribution < -0.4 is 0 Å². The molecule has 27 heavy (non-hydrogen) atoms. The number of hydrogen-bond acceptors (Lipinski definition) is 4. The van der Waals surface area contributed by atoms with E-state index in [0.717, 1.165) is 34.6 Å². The van der Waals surface area contributed by atoms with E-state index < -0.39 is 31.1 Å². The van der Waals surface area contributed by atoms with E-state index in [4.69, 9.17) is 6.15 Å². The van der Waals surface area contributed by atoms with Gasteiger partial charge >= 0.3 is 172 Å². The summed E-state index contributed by atoms with van der Waals surface area (Å²) in [6.07, 6.45) is 16.2. The second-order valence-electron chi connectivity index (χ2n) is 7.20. The number of rotatable bonds is 18. The van der Waals surface area contributed by atoms with Gasteiger partial charge in [0.2, 0.25) is 0 Å². The first-order valence-electron chi connectivity index (χ1n) is 10.7. The predicted molar refractivity (Wildman–Crippen MR) is 115 cm³/mol. The van der Waals surface area contributed by atoms with E-state index in [0.29, 0.717) is 0 Å². The van der Waals surface area contributed by atoms with E-state index in [2.05, 4.69) is 27.0 Å². The van der Waals surface area contributed by atoms with Crippen molar-refractivity contribution in [3.8, 4) is 0 Å². The Hall–Kier alpha value is -0.781. The Morgan fingerprint density at radius 3 is 1.33 bits per heavy atom. The van der Waals surface area contributed by atoms with Gasteiger partial charge in [0.05, 0.1) is 0 Å². The molecule has 0 radical (unpaired) electrons. The Kier molecular flexibility index (Phi) is 16.8. The van der Waals surface area contributed by atoms with Gasteiger partial charge in [-0.3, -0.25) is 0 Å². The summed E-state index contributed by atoms with van der Waals surface area (Å²) in [7, 11) is 0. The Morgan fingerprint density at radius 1 is 0.667 bits per heavy atom. The van der Waals surface area contributed by atoms with Crippen LogP contribution >= 0.6 is 0 Å². The molecule has 0 aliphatic heterocycles. The standard InChI is InChI=1S/2C8H17.2C3H4O2.Sn/c2*1-3-5-7-8-6-4-2;2*1-2-3(4)5;/h2*1,3-8H2,2H3;2*2H,1H2,(H,4,5);/q;;;;+2/p-2. The van der Waals surface area contributed by atoms with Crippen LogP contribution in [0, 0.1) is 0 Å². The van der Waals surface area contributed by atoms with Crippen LogP contribution in [0.2, 0.25) is 8.87 Å². The molecule has 5 heteroatoms. The molecule has 0 unspecified atom stereocenters. The first-order chi connectivity index (χ1) is 13.0. The maximum absolute atomic E-state index is 11.9. The average Bonchev–Trinajstić information content (AvgIpc) is 2.67. The number of hydrogen-bond donors (Lipinski definition) is 0. The van der Waals surface area contributed by atoms with Crippen LogP contribution in [0.5, 0.6) is 0 Å². The van der Waals surface area contributed by atoms with E-state index in [1.54, 1.807) is 0 Å². The first-order valence-corrected chi connectivity index (χ1v) is 17.1. The molecule has 0 saturated heterocycles. The van der Waals surface area contributed by atoms with Crippen molar-refractivity contribution in [2.75, 3.05) is 0 Å². The summed E-state index contributed by atoms with van der Waals surface area (Å²) in [6, 6.07) is 0. The summed E-state index contributed by atoms with van der Waals surface area (Å²) in [5.41, 5.74) is 0. The first kappa shape index (κ1) is 26.2. The van der Waals surface area contributed by atoms with Crippen molar-refractivity contribution in [1.29, 1.82) is 0 Å². The van der Waals surface area contributed by atoms with Crippen LogP contribution in [0.3, 0.4) is 0 Å². The fourth-order valence-electron chi connectivity index (χ4n) is 3.15. The van der Waals surface area contributed by atoms with Gasteiger partial charge in [-0.15, -0.1) is 0 Å². The van der Waals surface area contributed by atoms with E-state index in [1.165, 1.54) is 63.5 Å². The molecule has 0 aliphatic carbocycles. The molecular formula is C22H40O4Sn. The van der Waals surface area contributed by atoms with Gasteiger partial charge in [0.15, 0.2) is 0 Å². The predicted octanol–water partition coefficient (Wildman–Crippen LogP) is 6.61. The van der Waals surface area contributed by atoms with E-state index in [-0.39, 0.29) is 0 Å². The zero-order chi connectivity index (χ0) is 20.4. The molecule has 0 aromatic rings. The summed E-state index contributed by atoms with van der Waals surface area (Å²) in [5, 5.41) is 0. The zero-order valence-electron chi connectivity index (χ0n) is 17.6. The fraction of sp³-hybridized carbons (Fsp3) is 0.727. The molecule has 0 spiro atoms. The van der Waals surface area contributed by atoms with Gasteiger partial charge in [-0.2, -0.15) is 0 Å². The zero-order valence-corrected chi connectivity index (χ0v) is 20.5. The third-order valence-electron chi connectivity index (χ3n) is 4.73. The molecule has 0 atom stereocenters. The number of unbranched alkanes of at least 4 members (excludes halogenated alkanes) is 10.